The first-order valence-corrected chi connectivity index (χ1v) is 7.03. The molecule has 0 spiro atoms. The molecule has 0 aliphatic carbocycles. The molecule has 16 heavy (non-hydrogen) atoms. The van der Waals surface area contributed by atoms with E-state index in [1.807, 2.05) is 23.6 Å². The Morgan fingerprint density at radius 1 is 1.50 bits per heavy atom. The van der Waals surface area contributed by atoms with E-state index in [1.54, 1.807) is 36.2 Å². The van der Waals surface area contributed by atoms with Gasteiger partial charge in [0, 0.05) is 26.5 Å². The third-order valence-corrected chi connectivity index (χ3v) is 4.46. The molecule has 1 aromatic carbocycles. The Labute approximate surface area is 110 Å². The molecule has 0 unspecified atom stereocenters. The van der Waals surface area contributed by atoms with E-state index in [0.29, 0.717) is 5.56 Å². The highest BCUT2D eigenvalue weighted by atomic mass is 79.9. The molecule has 0 radical (unpaired) electrons. The monoisotopic (exact) mass is 313 g/mol. The fourth-order valence-electron chi connectivity index (χ4n) is 1.21. The van der Waals surface area contributed by atoms with Crippen molar-refractivity contribution in [3.05, 3.63) is 39.8 Å². The minimum Gasteiger partial charge on any atom is -0.294 e. The predicted molar refractivity (Wildman–Crippen MR) is 70.4 cm³/mol. The van der Waals surface area contributed by atoms with Crippen LogP contribution in [0.15, 0.2) is 43.5 Å². The first-order valence-electron chi connectivity index (χ1n) is 4.54. The van der Waals surface area contributed by atoms with Gasteiger partial charge in [0.05, 0.1) is 0 Å². The summed E-state index contributed by atoms with van der Waals surface area (Å²) in [7, 11) is 0. The van der Waals surface area contributed by atoms with Gasteiger partial charge in [-0.15, -0.1) is 11.3 Å². The quantitative estimate of drug-likeness (QED) is 0.793. The maximum atomic E-state index is 11.2. The molecule has 0 amide bonds. The molecular weight excluding hydrogens is 306 g/mol. The lowest BCUT2D eigenvalue weighted by Crippen LogP contribution is -1.93. The molecule has 0 aliphatic rings. The van der Waals surface area contributed by atoms with E-state index < -0.39 is 0 Å². The lowest BCUT2D eigenvalue weighted by molar-refractivity contribution is 0.101. The van der Waals surface area contributed by atoms with Gasteiger partial charge in [0.15, 0.2) is 10.1 Å². The van der Waals surface area contributed by atoms with Crippen LogP contribution in [0.4, 0.5) is 0 Å². The third kappa shape index (κ3) is 2.72. The summed E-state index contributed by atoms with van der Waals surface area (Å²) in [6, 6.07) is 5.72. The summed E-state index contributed by atoms with van der Waals surface area (Å²) in [6.45, 7) is 1.56. The molecule has 2 aromatic rings. The third-order valence-electron chi connectivity index (χ3n) is 1.93. The fourth-order valence-corrected chi connectivity index (χ4v) is 3.65. The lowest BCUT2D eigenvalue weighted by Gasteiger charge is -2.02. The number of hydrogen-bond acceptors (Lipinski definition) is 4. The van der Waals surface area contributed by atoms with Crippen molar-refractivity contribution in [2.45, 2.75) is 16.2 Å². The molecule has 2 rings (SSSR count). The smallest absolute Gasteiger partial charge is 0.160 e. The predicted octanol–water partition coefficient (Wildman–Crippen LogP) is 4.26. The number of nitrogens with zero attached hydrogens (tertiary/aromatic N) is 1. The van der Waals surface area contributed by atoms with Crippen LogP contribution in [0.1, 0.15) is 17.3 Å². The van der Waals surface area contributed by atoms with Gasteiger partial charge < -0.3 is 0 Å². The maximum absolute atomic E-state index is 11.2. The average molecular weight is 314 g/mol. The van der Waals surface area contributed by atoms with Crippen LogP contribution in [0, 0.1) is 0 Å². The number of rotatable bonds is 3. The van der Waals surface area contributed by atoms with Crippen LogP contribution in [-0.4, -0.2) is 10.8 Å². The summed E-state index contributed by atoms with van der Waals surface area (Å²) in [5, 5.41) is 1.95. The van der Waals surface area contributed by atoms with Crippen LogP contribution in [-0.2, 0) is 0 Å². The number of Topliss-reactive ketones (excluding diaryl/α,β-unsaturated/α-hetero) is 1. The lowest BCUT2D eigenvalue weighted by atomic mass is 10.2. The van der Waals surface area contributed by atoms with Crippen LogP contribution in [0.3, 0.4) is 0 Å². The number of carbonyl (C=O) groups is 1. The highest BCUT2D eigenvalue weighted by molar-refractivity contribution is 9.10. The van der Waals surface area contributed by atoms with E-state index >= 15 is 0 Å². The number of carbonyl (C=O) groups excluding carboxylic acids is 1. The second-order valence-corrected chi connectivity index (χ2v) is 6.17. The number of thiazole rings is 1. The number of aromatic nitrogens is 1. The molecule has 0 atom stereocenters. The summed E-state index contributed by atoms with van der Waals surface area (Å²) in [4.78, 5) is 16.5. The Hall–Kier alpha value is -0.650. The van der Waals surface area contributed by atoms with Crippen molar-refractivity contribution >= 4 is 44.8 Å². The Bertz CT molecular complexity index is 511. The topological polar surface area (TPSA) is 30.0 Å². The number of benzene rings is 1. The van der Waals surface area contributed by atoms with Crippen molar-refractivity contribution < 1.29 is 4.79 Å². The van der Waals surface area contributed by atoms with Gasteiger partial charge in [-0.2, -0.15) is 0 Å². The zero-order chi connectivity index (χ0) is 11.5. The number of halogens is 1. The molecule has 0 bridgehead atoms. The summed E-state index contributed by atoms with van der Waals surface area (Å²) in [5.74, 6) is 0.0673. The van der Waals surface area contributed by atoms with Crippen molar-refractivity contribution in [1.82, 2.24) is 4.98 Å². The zero-order valence-electron chi connectivity index (χ0n) is 8.44. The van der Waals surface area contributed by atoms with E-state index in [-0.39, 0.29) is 5.78 Å². The summed E-state index contributed by atoms with van der Waals surface area (Å²) in [6.07, 6.45) is 1.78. The van der Waals surface area contributed by atoms with E-state index in [2.05, 4.69) is 20.9 Å². The van der Waals surface area contributed by atoms with Crippen molar-refractivity contribution in [3.8, 4) is 0 Å². The Morgan fingerprint density at radius 3 is 2.88 bits per heavy atom. The van der Waals surface area contributed by atoms with Crippen LogP contribution in [0.25, 0.3) is 0 Å². The minimum atomic E-state index is 0.0673. The van der Waals surface area contributed by atoms with Gasteiger partial charge in [0.2, 0.25) is 0 Å². The van der Waals surface area contributed by atoms with Gasteiger partial charge in [0.25, 0.3) is 0 Å². The largest absolute Gasteiger partial charge is 0.294 e. The summed E-state index contributed by atoms with van der Waals surface area (Å²) in [5.41, 5.74) is 0.712. The van der Waals surface area contributed by atoms with Crippen molar-refractivity contribution in [3.63, 3.8) is 0 Å². The highest BCUT2D eigenvalue weighted by Gasteiger charge is 2.07. The Balaban J connectivity index is 2.24. The van der Waals surface area contributed by atoms with Crippen molar-refractivity contribution in [2.75, 3.05) is 0 Å². The summed E-state index contributed by atoms with van der Waals surface area (Å²) >= 11 is 6.60. The maximum Gasteiger partial charge on any atom is 0.160 e. The number of hydrogen-bond donors (Lipinski definition) is 0. The second kappa shape index (κ2) is 5.12. The molecular formula is C11H8BrNOS2. The van der Waals surface area contributed by atoms with Crippen LogP contribution >= 0.6 is 39.0 Å². The first kappa shape index (κ1) is 11.8. The van der Waals surface area contributed by atoms with Crippen molar-refractivity contribution in [1.29, 1.82) is 0 Å². The van der Waals surface area contributed by atoms with Crippen molar-refractivity contribution in [2.24, 2.45) is 0 Å². The molecule has 0 fully saturated rings. The van der Waals surface area contributed by atoms with Gasteiger partial charge in [-0.3, -0.25) is 4.79 Å². The molecule has 1 aromatic heterocycles. The zero-order valence-corrected chi connectivity index (χ0v) is 11.7. The SMILES string of the molecule is CC(=O)c1ccc(Sc2nccs2)cc1Br. The highest BCUT2D eigenvalue weighted by Crippen LogP contribution is 2.32. The molecule has 0 N–H and O–H groups in total. The molecule has 0 saturated carbocycles. The van der Waals surface area contributed by atoms with Gasteiger partial charge >= 0.3 is 0 Å². The molecule has 2 nitrogen and oxygen atoms in total. The van der Waals surface area contributed by atoms with Gasteiger partial charge in [0.1, 0.15) is 0 Å². The molecule has 1 heterocycles. The minimum absolute atomic E-state index is 0.0673. The molecule has 0 aliphatic heterocycles. The van der Waals surface area contributed by atoms with E-state index in [1.165, 1.54) is 0 Å². The van der Waals surface area contributed by atoms with E-state index in [0.717, 1.165) is 13.7 Å². The Morgan fingerprint density at radius 2 is 2.31 bits per heavy atom. The van der Waals surface area contributed by atoms with Gasteiger partial charge in [-0.1, -0.05) is 27.7 Å². The second-order valence-electron chi connectivity index (χ2n) is 3.10. The molecule has 5 heteroatoms. The van der Waals surface area contributed by atoms with Gasteiger partial charge in [-0.25, -0.2) is 4.98 Å². The van der Waals surface area contributed by atoms with E-state index in [9.17, 15) is 4.79 Å². The summed E-state index contributed by atoms with van der Waals surface area (Å²) < 4.78 is 1.84. The number of ketones is 1. The van der Waals surface area contributed by atoms with Gasteiger partial charge in [-0.05, 0) is 25.1 Å². The fraction of sp³-hybridized carbons (Fsp3) is 0.0909. The average Bonchev–Trinajstić information content (AvgIpc) is 2.70. The normalized spacial score (nSPS) is 10.4. The molecule has 82 valence electrons. The first-order chi connectivity index (χ1) is 7.66. The molecule has 0 saturated heterocycles. The Kier molecular flexibility index (Phi) is 3.78. The standard InChI is InChI=1S/C11H8BrNOS2/c1-7(14)9-3-2-8(6-10(9)12)16-11-13-4-5-15-11/h2-6H,1H3. The van der Waals surface area contributed by atoms with Crippen LogP contribution in [0.2, 0.25) is 0 Å². The van der Waals surface area contributed by atoms with E-state index in [4.69, 9.17) is 0 Å². The van der Waals surface area contributed by atoms with Crippen LogP contribution < -0.4 is 0 Å². The van der Waals surface area contributed by atoms with Crippen LogP contribution in [0.5, 0.6) is 0 Å².